The average Bonchev–Trinajstić information content (AvgIpc) is 2.86. The van der Waals surface area contributed by atoms with Crippen molar-refractivity contribution in [3.05, 3.63) is 24.4 Å². The summed E-state index contributed by atoms with van der Waals surface area (Å²) in [7, 11) is 0. The molecule has 104 valence electrons. The van der Waals surface area contributed by atoms with E-state index >= 15 is 0 Å². The van der Waals surface area contributed by atoms with Crippen LogP contribution in [-0.4, -0.2) is 53.8 Å². The summed E-state index contributed by atoms with van der Waals surface area (Å²) in [6.45, 7) is 5.32. The van der Waals surface area contributed by atoms with Gasteiger partial charge in [-0.05, 0) is 30.9 Å². The molecule has 2 heterocycles. The fraction of sp³-hybridized carbons (Fsp3) is 0.667. The van der Waals surface area contributed by atoms with E-state index in [0.29, 0.717) is 5.92 Å². The highest BCUT2D eigenvalue weighted by Crippen LogP contribution is 2.26. The molecule has 19 heavy (non-hydrogen) atoms. The number of piperazine rings is 1. The second kappa shape index (κ2) is 5.88. The number of anilines is 1. The molecule has 0 aromatic carbocycles. The lowest BCUT2D eigenvalue weighted by Gasteiger charge is -2.36. The van der Waals surface area contributed by atoms with Crippen molar-refractivity contribution in [3.63, 3.8) is 0 Å². The third kappa shape index (κ3) is 3.07. The van der Waals surface area contributed by atoms with Gasteiger partial charge in [-0.2, -0.15) is 0 Å². The Morgan fingerprint density at radius 2 is 2.00 bits per heavy atom. The Hall–Kier alpha value is -1.13. The predicted molar refractivity (Wildman–Crippen MR) is 76.2 cm³/mol. The van der Waals surface area contributed by atoms with Crippen LogP contribution in [0.3, 0.4) is 0 Å². The molecular weight excluding hydrogens is 238 g/mol. The number of aromatic nitrogens is 1. The Kier molecular flexibility index (Phi) is 3.99. The highest BCUT2D eigenvalue weighted by atomic mass is 16.3. The minimum atomic E-state index is -0.0613. The molecule has 1 aromatic rings. The number of aliphatic hydroxyl groups is 1. The van der Waals surface area contributed by atoms with E-state index in [0.717, 1.165) is 45.0 Å². The zero-order valence-electron chi connectivity index (χ0n) is 11.4. The van der Waals surface area contributed by atoms with Crippen molar-refractivity contribution in [1.82, 2.24) is 9.88 Å². The zero-order chi connectivity index (χ0) is 13.1. The van der Waals surface area contributed by atoms with Crippen molar-refractivity contribution >= 4 is 5.82 Å². The fourth-order valence-corrected chi connectivity index (χ4v) is 3.26. The molecule has 2 atom stereocenters. The second-order valence-corrected chi connectivity index (χ2v) is 5.73. The highest BCUT2D eigenvalue weighted by molar-refractivity contribution is 5.38. The number of rotatable bonds is 3. The minimum absolute atomic E-state index is 0.0613. The summed E-state index contributed by atoms with van der Waals surface area (Å²) in [6.07, 6.45) is 5.19. The van der Waals surface area contributed by atoms with Crippen LogP contribution in [0.2, 0.25) is 0 Å². The molecule has 1 saturated carbocycles. The van der Waals surface area contributed by atoms with Gasteiger partial charge in [0, 0.05) is 38.9 Å². The fourth-order valence-electron chi connectivity index (χ4n) is 3.26. The molecular formula is C15H23N3O. The number of hydrogen-bond donors (Lipinski definition) is 1. The van der Waals surface area contributed by atoms with E-state index in [-0.39, 0.29) is 6.10 Å². The van der Waals surface area contributed by atoms with Crippen LogP contribution in [0.4, 0.5) is 5.82 Å². The normalized spacial score (nSPS) is 28.8. The first-order valence-corrected chi connectivity index (χ1v) is 7.39. The molecule has 4 heteroatoms. The summed E-state index contributed by atoms with van der Waals surface area (Å²) in [6, 6.07) is 6.08. The van der Waals surface area contributed by atoms with E-state index in [1.807, 2.05) is 18.3 Å². The van der Waals surface area contributed by atoms with Gasteiger partial charge in [0.25, 0.3) is 0 Å². The van der Waals surface area contributed by atoms with Gasteiger partial charge in [0.1, 0.15) is 5.82 Å². The monoisotopic (exact) mass is 261 g/mol. The van der Waals surface area contributed by atoms with Crippen molar-refractivity contribution in [2.24, 2.45) is 5.92 Å². The molecule has 1 N–H and O–H groups in total. The molecule has 2 fully saturated rings. The largest absolute Gasteiger partial charge is 0.393 e. The predicted octanol–water partition coefficient (Wildman–Crippen LogP) is 1.36. The van der Waals surface area contributed by atoms with Crippen molar-refractivity contribution < 1.29 is 5.11 Å². The molecule has 0 radical (unpaired) electrons. The van der Waals surface area contributed by atoms with Crippen LogP contribution >= 0.6 is 0 Å². The molecule has 4 nitrogen and oxygen atoms in total. The first-order chi connectivity index (χ1) is 9.33. The summed E-state index contributed by atoms with van der Waals surface area (Å²) in [5, 5.41) is 9.90. The standard InChI is InChI=1S/C15H23N3O/c19-14-5-3-4-13(14)12-17-8-10-18(11-9-17)15-6-1-2-7-16-15/h1-2,6-7,13-14,19H,3-5,8-12H2. The maximum atomic E-state index is 9.90. The number of pyridine rings is 1. The van der Waals surface area contributed by atoms with Crippen molar-refractivity contribution in [2.75, 3.05) is 37.6 Å². The van der Waals surface area contributed by atoms with Crippen LogP contribution in [0.1, 0.15) is 19.3 Å². The highest BCUT2D eigenvalue weighted by Gasteiger charge is 2.28. The van der Waals surface area contributed by atoms with Gasteiger partial charge in [0.05, 0.1) is 6.10 Å². The summed E-state index contributed by atoms with van der Waals surface area (Å²) in [5.74, 6) is 1.59. The zero-order valence-corrected chi connectivity index (χ0v) is 11.4. The molecule has 2 aliphatic rings. The SMILES string of the molecule is OC1CCCC1CN1CCN(c2ccccn2)CC1. The van der Waals surface area contributed by atoms with Crippen molar-refractivity contribution in [3.8, 4) is 0 Å². The van der Waals surface area contributed by atoms with Crippen LogP contribution in [0, 0.1) is 5.92 Å². The van der Waals surface area contributed by atoms with Gasteiger partial charge in [-0.3, -0.25) is 4.90 Å². The Morgan fingerprint density at radius 3 is 2.63 bits per heavy atom. The van der Waals surface area contributed by atoms with Crippen LogP contribution in [0.5, 0.6) is 0 Å². The molecule has 1 aliphatic carbocycles. The summed E-state index contributed by atoms with van der Waals surface area (Å²) in [4.78, 5) is 9.26. The Bertz CT molecular complexity index is 390. The Labute approximate surface area is 115 Å². The molecule has 1 aliphatic heterocycles. The first kappa shape index (κ1) is 12.9. The maximum absolute atomic E-state index is 9.90. The Balaban J connectivity index is 1.49. The molecule has 0 bridgehead atoms. The smallest absolute Gasteiger partial charge is 0.128 e. The minimum Gasteiger partial charge on any atom is -0.393 e. The van der Waals surface area contributed by atoms with Gasteiger partial charge in [0.15, 0.2) is 0 Å². The van der Waals surface area contributed by atoms with E-state index in [1.54, 1.807) is 0 Å². The topological polar surface area (TPSA) is 39.6 Å². The van der Waals surface area contributed by atoms with Crippen LogP contribution < -0.4 is 4.90 Å². The van der Waals surface area contributed by atoms with Crippen molar-refractivity contribution in [1.29, 1.82) is 0 Å². The second-order valence-electron chi connectivity index (χ2n) is 5.73. The van der Waals surface area contributed by atoms with Gasteiger partial charge in [-0.15, -0.1) is 0 Å². The maximum Gasteiger partial charge on any atom is 0.128 e. The molecule has 3 rings (SSSR count). The number of aliphatic hydroxyl groups excluding tert-OH is 1. The number of nitrogens with zero attached hydrogens (tertiary/aromatic N) is 3. The molecule has 0 amide bonds. The van der Waals surface area contributed by atoms with E-state index in [1.165, 1.54) is 12.8 Å². The Morgan fingerprint density at radius 1 is 1.16 bits per heavy atom. The van der Waals surface area contributed by atoms with Gasteiger partial charge >= 0.3 is 0 Å². The number of hydrogen-bond acceptors (Lipinski definition) is 4. The third-order valence-electron chi connectivity index (χ3n) is 4.46. The van der Waals surface area contributed by atoms with Crippen molar-refractivity contribution in [2.45, 2.75) is 25.4 Å². The van der Waals surface area contributed by atoms with Gasteiger partial charge < -0.3 is 10.0 Å². The lowest BCUT2D eigenvalue weighted by atomic mass is 10.1. The lowest BCUT2D eigenvalue weighted by molar-refractivity contribution is 0.0997. The summed E-state index contributed by atoms with van der Waals surface area (Å²) < 4.78 is 0. The van der Waals surface area contributed by atoms with Crippen LogP contribution in [-0.2, 0) is 0 Å². The van der Waals surface area contributed by atoms with Crippen LogP contribution in [0.15, 0.2) is 24.4 Å². The summed E-state index contributed by atoms with van der Waals surface area (Å²) in [5.41, 5.74) is 0. The van der Waals surface area contributed by atoms with E-state index in [2.05, 4.69) is 20.9 Å². The van der Waals surface area contributed by atoms with E-state index < -0.39 is 0 Å². The van der Waals surface area contributed by atoms with Gasteiger partial charge in [-0.25, -0.2) is 4.98 Å². The molecule has 0 spiro atoms. The molecule has 1 aromatic heterocycles. The quantitative estimate of drug-likeness (QED) is 0.892. The van der Waals surface area contributed by atoms with Gasteiger partial charge in [0.2, 0.25) is 0 Å². The molecule has 1 saturated heterocycles. The molecule has 2 unspecified atom stereocenters. The summed E-state index contributed by atoms with van der Waals surface area (Å²) >= 11 is 0. The van der Waals surface area contributed by atoms with E-state index in [9.17, 15) is 5.11 Å². The van der Waals surface area contributed by atoms with Crippen LogP contribution in [0.25, 0.3) is 0 Å². The average molecular weight is 261 g/mol. The van der Waals surface area contributed by atoms with E-state index in [4.69, 9.17) is 0 Å². The lowest BCUT2D eigenvalue weighted by Crippen LogP contribution is -2.48. The first-order valence-electron chi connectivity index (χ1n) is 7.39. The van der Waals surface area contributed by atoms with Gasteiger partial charge in [-0.1, -0.05) is 12.5 Å². The third-order valence-corrected chi connectivity index (χ3v) is 4.46.